The van der Waals surface area contributed by atoms with Gasteiger partial charge in [-0.3, -0.25) is 9.69 Å². The van der Waals surface area contributed by atoms with E-state index in [1.54, 1.807) is 12.1 Å². The van der Waals surface area contributed by atoms with Crippen molar-refractivity contribution in [2.45, 2.75) is 83.9 Å². The number of unbranched alkanes of at least 4 members (excludes halogenated alkanes) is 1. The number of nitrogens with one attached hydrogen (secondary N) is 2. The van der Waals surface area contributed by atoms with Crippen LogP contribution in [0.5, 0.6) is 17.2 Å². The van der Waals surface area contributed by atoms with E-state index in [2.05, 4.69) is 85.4 Å². The highest BCUT2D eigenvalue weighted by molar-refractivity contribution is 5.87. The molecule has 8 nitrogen and oxygen atoms in total. The summed E-state index contributed by atoms with van der Waals surface area (Å²) in [5.74, 6) is 1.31. The number of aromatic hydroxyl groups is 2. The van der Waals surface area contributed by atoms with Gasteiger partial charge in [0.25, 0.3) is 0 Å². The molecule has 1 aromatic heterocycles. The molecule has 0 radical (unpaired) electrons. The minimum absolute atomic E-state index is 0.0223. The van der Waals surface area contributed by atoms with Gasteiger partial charge in [0.2, 0.25) is 5.56 Å². The summed E-state index contributed by atoms with van der Waals surface area (Å²) in [5, 5.41) is 35.8. The summed E-state index contributed by atoms with van der Waals surface area (Å²) in [7, 11) is 0. The van der Waals surface area contributed by atoms with Crippen molar-refractivity contribution in [1.82, 2.24) is 15.2 Å². The molecular weight excluding hydrogens is 651 g/mol. The number of aromatic amines is 1. The minimum atomic E-state index is -0.789. The second kappa shape index (κ2) is 18.7. The molecule has 2 atom stereocenters. The number of aromatic nitrogens is 1. The molecule has 0 amide bonds. The van der Waals surface area contributed by atoms with Crippen LogP contribution in [0.1, 0.15) is 86.8 Å². The molecule has 5 aromatic rings. The number of aryl methyl sites for hydroxylation is 1. The van der Waals surface area contributed by atoms with Crippen LogP contribution >= 0.6 is 0 Å². The number of aliphatic hydroxyl groups is 1. The van der Waals surface area contributed by atoms with Crippen molar-refractivity contribution >= 4 is 10.9 Å². The second-order valence-corrected chi connectivity index (χ2v) is 14.3. The Kier molecular flexibility index (Phi) is 13.9. The number of rotatable bonds is 19. The van der Waals surface area contributed by atoms with Crippen molar-refractivity contribution in [3.63, 3.8) is 0 Å². The summed E-state index contributed by atoms with van der Waals surface area (Å²) in [5.41, 5.74) is 5.31. The highest BCUT2D eigenvalue weighted by Crippen LogP contribution is 2.35. The maximum atomic E-state index is 11.7. The minimum Gasteiger partial charge on any atom is -0.508 e. The van der Waals surface area contributed by atoms with Gasteiger partial charge in [0.1, 0.15) is 17.2 Å². The molecule has 0 aliphatic heterocycles. The van der Waals surface area contributed by atoms with Gasteiger partial charge >= 0.3 is 0 Å². The molecule has 0 unspecified atom stereocenters. The monoisotopic (exact) mass is 705 g/mol. The Morgan fingerprint density at radius 3 is 2.21 bits per heavy atom. The summed E-state index contributed by atoms with van der Waals surface area (Å²) in [6, 6.07) is 31.9. The zero-order valence-electron chi connectivity index (χ0n) is 31.0. The van der Waals surface area contributed by atoms with E-state index in [1.165, 1.54) is 28.8 Å². The van der Waals surface area contributed by atoms with E-state index >= 15 is 0 Å². The molecule has 4 aromatic carbocycles. The number of hydrogen-bond acceptors (Lipinski definition) is 7. The topological polar surface area (TPSA) is 118 Å². The normalized spacial score (nSPS) is 12.9. The first kappa shape index (κ1) is 38.6. The van der Waals surface area contributed by atoms with Crippen LogP contribution in [0.15, 0.2) is 102 Å². The van der Waals surface area contributed by atoms with Gasteiger partial charge in [-0.1, -0.05) is 60.7 Å². The van der Waals surface area contributed by atoms with Crippen LogP contribution in [0, 0.1) is 0 Å². The quantitative estimate of drug-likeness (QED) is 0.0556. The molecule has 5 rings (SSSR count). The first-order chi connectivity index (χ1) is 25.1. The van der Waals surface area contributed by atoms with E-state index in [4.69, 9.17) is 4.74 Å². The van der Waals surface area contributed by atoms with Crippen LogP contribution in [0.2, 0.25) is 0 Å². The summed E-state index contributed by atoms with van der Waals surface area (Å²) in [6.45, 7) is 11.6. The number of benzene rings is 4. The first-order valence-corrected chi connectivity index (χ1v) is 18.7. The standard InChI is InChI=1S/C44H55N3O5/c1-30(2)47(31(3)4)26-24-36(34-11-6-5-7-12-34)39-28-33(15-20-40(39)48)10-8-9-27-52-35-16-13-32(14-17-35)23-25-45-29-42(50)37-18-21-41(49)44-38(37)19-22-43(51)46-44/h5-7,11-22,28,30-31,36,42,45,48-50H,8-10,23-27,29H2,1-4H3,(H,46,51)/t36-,42+/m1/s1. The van der Waals surface area contributed by atoms with Crippen LogP contribution < -0.4 is 15.6 Å². The van der Waals surface area contributed by atoms with Gasteiger partial charge in [0, 0.05) is 41.6 Å². The zero-order valence-corrected chi connectivity index (χ0v) is 31.0. The van der Waals surface area contributed by atoms with Crippen LogP contribution in [0.3, 0.4) is 0 Å². The number of phenolic OH excluding ortho intramolecular Hbond substituents is 2. The molecular formula is C44H55N3O5. The third-order valence-electron chi connectivity index (χ3n) is 9.92. The van der Waals surface area contributed by atoms with Crippen molar-refractivity contribution < 1.29 is 20.1 Å². The number of hydrogen-bond donors (Lipinski definition) is 5. The largest absolute Gasteiger partial charge is 0.508 e. The van der Waals surface area contributed by atoms with Gasteiger partial charge in [-0.25, -0.2) is 0 Å². The van der Waals surface area contributed by atoms with E-state index < -0.39 is 6.10 Å². The highest BCUT2D eigenvalue weighted by Gasteiger charge is 2.22. The van der Waals surface area contributed by atoms with Crippen molar-refractivity contribution in [2.75, 3.05) is 26.2 Å². The fourth-order valence-electron chi connectivity index (χ4n) is 7.12. The Hall–Kier alpha value is -4.63. The van der Waals surface area contributed by atoms with E-state index in [1.807, 2.05) is 30.3 Å². The lowest BCUT2D eigenvalue weighted by Gasteiger charge is -2.32. The Labute approximate surface area is 308 Å². The molecule has 1 heterocycles. The van der Waals surface area contributed by atoms with Gasteiger partial charge in [0.15, 0.2) is 0 Å². The molecule has 5 N–H and O–H groups in total. The van der Waals surface area contributed by atoms with Crippen LogP contribution in [-0.4, -0.2) is 63.5 Å². The summed E-state index contributed by atoms with van der Waals surface area (Å²) < 4.78 is 6.05. The number of phenols is 2. The molecule has 0 aliphatic carbocycles. The molecule has 276 valence electrons. The lowest BCUT2D eigenvalue weighted by atomic mass is 9.86. The molecule has 0 saturated heterocycles. The second-order valence-electron chi connectivity index (χ2n) is 14.3. The van der Waals surface area contributed by atoms with Crippen molar-refractivity contribution in [3.05, 3.63) is 135 Å². The van der Waals surface area contributed by atoms with Crippen LogP contribution in [0.4, 0.5) is 0 Å². The van der Waals surface area contributed by atoms with Crippen molar-refractivity contribution in [3.8, 4) is 17.2 Å². The van der Waals surface area contributed by atoms with Gasteiger partial charge in [-0.05, 0) is 125 Å². The molecule has 0 saturated carbocycles. The van der Waals surface area contributed by atoms with E-state index in [9.17, 15) is 20.1 Å². The average Bonchev–Trinajstić information content (AvgIpc) is 3.13. The summed E-state index contributed by atoms with van der Waals surface area (Å²) in [6.07, 6.45) is 3.78. The predicted molar refractivity (Wildman–Crippen MR) is 211 cm³/mol. The molecule has 52 heavy (non-hydrogen) atoms. The van der Waals surface area contributed by atoms with Gasteiger partial charge < -0.3 is 30.4 Å². The fourth-order valence-corrected chi connectivity index (χ4v) is 7.12. The highest BCUT2D eigenvalue weighted by atomic mass is 16.5. The SMILES string of the molecule is CC(C)N(CC[C@H](c1ccccc1)c1cc(CCCCOc2ccc(CCNC[C@H](O)c3ccc(O)c4[nH]c(=O)ccc34)cc2)ccc1O)C(C)C. The number of ether oxygens (including phenoxy) is 1. The maximum Gasteiger partial charge on any atom is 0.248 e. The van der Waals surface area contributed by atoms with Gasteiger partial charge in [-0.2, -0.15) is 0 Å². The number of pyridine rings is 1. The van der Waals surface area contributed by atoms with Crippen molar-refractivity contribution in [1.29, 1.82) is 0 Å². The number of aliphatic hydroxyl groups excluding tert-OH is 1. The zero-order chi connectivity index (χ0) is 37.0. The fraction of sp³-hybridized carbons (Fsp3) is 0.386. The predicted octanol–water partition coefficient (Wildman–Crippen LogP) is 7.85. The van der Waals surface area contributed by atoms with E-state index in [0.29, 0.717) is 54.0 Å². The van der Waals surface area contributed by atoms with Crippen LogP contribution in [-0.2, 0) is 12.8 Å². The lowest BCUT2D eigenvalue weighted by Crippen LogP contribution is -2.38. The Bertz CT molecular complexity index is 1900. The molecule has 0 fully saturated rings. The summed E-state index contributed by atoms with van der Waals surface area (Å²) in [4.78, 5) is 16.8. The molecule has 0 aliphatic rings. The summed E-state index contributed by atoms with van der Waals surface area (Å²) >= 11 is 0. The third kappa shape index (κ3) is 10.5. The third-order valence-corrected chi connectivity index (χ3v) is 9.92. The van der Waals surface area contributed by atoms with Crippen molar-refractivity contribution in [2.24, 2.45) is 0 Å². The smallest absolute Gasteiger partial charge is 0.248 e. The average molecular weight is 706 g/mol. The number of H-pyrrole nitrogens is 1. The molecule has 8 heteroatoms. The van der Waals surface area contributed by atoms with Gasteiger partial charge in [0.05, 0.1) is 18.2 Å². The molecule has 0 bridgehead atoms. The lowest BCUT2D eigenvalue weighted by molar-refractivity contribution is 0.170. The number of fused-ring (bicyclic) bond motifs is 1. The Balaban J connectivity index is 1.06. The first-order valence-electron chi connectivity index (χ1n) is 18.7. The Morgan fingerprint density at radius 1 is 0.769 bits per heavy atom. The van der Waals surface area contributed by atoms with E-state index in [0.717, 1.165) is 50.0 Å². The van der Waals surface area contributed by atoms with E-state index in [-0.39, 0.29) is 17.2 Å². The Morgan fingerprint density at radius 2 is 1.48 bits per heavy atom. The van der Waals surface area contributed by atoms with Gasteiger partial charge in [-0.15, -0.1) is 0 Å². The number of nitrogens with zero attached hydrogens (tertiary/aromatic N) is 1. The molecule has 0 spiro atoms. The maximum absolute atomic E-state index is 11.7. The van der Waals surface area contributed by atoms with Crippen LogP contribution in [0.25, 0.3) is 10.9 Å².